The van der Waals surface area contributed by atoms with E-state index in [2.05, 4.69) is 68.5 Å². The molecule has 3 fully saturated rings. The van der Waals surface area contributed by atoms with Crippen LogP contribution in [0.1, 0.15) is 151 Å². The minimum absolute atomic E-state index is 0.0802. The summed E-state index contributed by atoms with van der Waals surface area (Å²) in [6.07, 6.45) is 18.8. The van der Waals surface area contributed by atoms with Gasteiger partial charge in [-0.2, -0.15) is 13.2 Å². The highest BCUT2D eigenvalue weighted by atomic mass is 35.5. The lowest BCUT2D eigenvalue weighted by Gasteiger charge is -2.40. The molecule has 0 bridgehead atoms. The normalized spacial score (nSPS) is 14.9. The molecule has 16 nitrogen and oxygen atoms in total. The van der Waals surface area contributed by atoms with Crippen molar-refractivity contribution in [2.45, 2.75) is 180 Å². The molecule has 3 aliphatic rings. The third kappa shape index (κ3) is 26.2. The zero-order valence-electron chi connectivity index (χ0n) is 61.3. The number of carbonyl (C=O) groups excluding carboxylic acids is 5. The van der Waals surface area contributed by atoms with Gasteiger partial charge in [0.25, 0.3) is 0 Å². The summed E-state index contributed by atoms with van der Waals surface area (Å²) in [4.78, 5) is 77.7. The molecule has 3 saturated heterocycles. The number of Topliss-reactive ketones (excluding diaryl/α,β-unsaturated/α-hetero) is 2. The summed E-state index contributed by atoms with van der Waals surface area (Å²) in [6.45, 7) is 16.9. The van der Waals surface area contributed by atoms with Gasteiger partial charge in [0.15, 0.2) is 0 Å². The van der Waals surface area contributed by atoms with E-state index in [1.807, 2.05) is 103 Å². The zero-order valence-corrected chi connectivity index (χ0v) is 62.8. The molecule has 0 spiro atoms. The number of carbonyl (C=O) groups is 5. The number of unbranched alkanes of at least 4 members (excludes halogenated alkanes) is 2. The Labute approximate surface area is 624 Å². The molecule has 1 unspecified atom stereocenters. The van der Waals surface area contributed by atoms with E-state index in [0.717, 1.165) is 157 Å². The van der Waals surface area contributed by atoms with Crippen LogP contribution in [0.25, 0.3) is 0 Å². The maximum atomic E-state index is 13.5. The van der Waals surface area contributed by atoms with Gasteiger partial charge in [-0.05, 0) is 154 Å². The number of ether oxygens (including phenoxy) is 2. The number of alkyl halides is 3. The first-order chi connectivity index (χ1) is 50.2. The maximum Gasteiger partial charge on any atom is 0.416 e. The molecule has 6 amide bonds. The number of urea groups is 3. The van der Waals surface area contributed by atoms with Crippen LogP contribution in [-0.4, -0.2) is 150 Å². The number of nitrogens with zero attached hydrogens (tertiary/aromatic N) is 6. The number of benzene rings is 6. The second kappa shape index (κ2) is 43.0. The van der Waals surface area contributed by atoms with Crippen LogP contribution >= 0.6 is 23.2 Å². The number of rotatable bonds is 29. The number of anilines is 3. The van der Waals surface area contributed by atoms with E-state index in [4.69, 9.17) is 45.5 Å². The van der Waals surface area contributed by atoms with Crippen molar-refractivity contribution in [1.29, 1.82) is 0 Å². The Kier molecular flexibility index (Phi) is 34.2. The summed E-state index contributed by atoms with van der Waals surface area (Å²) in [7, 11) is 3.21. The Bertz CT molecular complexity index is 3790. The molecule has 0 saturated carbocycles. The standard InChI is InChI=1S/C29H34F3N3O2.C28H33Cl2N3O2.C26H37N3O3/c1-3-5-8-16-34-17-14-26(15-18-34)35(21-23-11-7-6-10-22(23)19-27(36)4-2)28(37)33-25-13-9-12-24(20-25)29(30,31)32;1-3-5-8-15-32-16-13-24(14-17-32)33(28(35)31-23-11-12-26(29)27(30)19-23)20-22-10-7-6-9-21(22)18-25(34)4-2;1-5-9-20(2)28-16-14-22(15-17-28)29(19-21-10-7-6-8-11-21)26(30)27-24-13-12-23(31-3)18-25(24)32-4/h1,6-7,9-13,20,26H,4-5,8,14-19,21H2,2H3,(H,33,37);1,6-7,9-12,19,24H,4-5,8,13-18,20H2,2H3,(H,31,35);6-8,10-13,18,20,22H,5,9,14-17,19H2,1-4H3,(H,27,30). The lowest BCUT2D eigenvalue weighted by atomic mass is 9.98. The van der Waals surface area contributed by atoms with E-state index in [1.165, 1.54) is 25.0 Å². The molecule has 9 rings (SSSR count). The van der Waals surface area contributed by atoms with Gasteiger partial charge in [-0.3, -0.25) is 9.59 Å². The van der Waals surface area contributed by atoms with Gasteiger partial charge in [0.2, 0.25) is 0 Å². The fourth-order valence-electron chi connectivity index (χ4n) is 13.5. The molecule has 0 aromatic heterocycles. The van der Waals surface area contributed by atoms with Crippen LogP contribution in [0.5, 0.6) is 11.5 Å². The quantitative estimate of drug-likeness (QED) is 0.0305. The zero-order chi connectivity index (χ0) is 75.0. The number of hydrogen-bond donors (Lipinski definition) is 3. The minimum atomic E-state index is -4.50. The summed E-state index contributed by atoms with van der Waals surface area (Å²) < 4.78 is 50.4. The first-order valence-electron chi connectivity index (χ1n) is 36.5. The number of nitrogens with one attached hydrogen (secondary N) is 3. The Morgan fingerprint density at radius 3 is 1.48 bits per heavy atom. The van der Waals surface area contributed by atoms with Crippen molar-refractivity contribution in [1.82, 2.24) is 29.4 Å². The van der Waals surface area contributed by atoms with Gasteiger partial charge in [0, 0.05) is 139 Å². The predicted molar refractivity (Wildman–Crippen MR) is 412 cm³/mol. The number of likely N-dealkylation sites (tertiary alicyclic amines) is 3. The summed E-state index contributed by atoms with van der Waals surface area (Å²) in [5, 5.41) is 9.58. The van der Waals surface area contributed by atoms with E-state index in [9.17, 15) is 37.1 Å². The smallest absolute Gasteiger partial charge is 0.416 e. The lowest BCUT2D eigenvalue weighted by Crippen LogP contribution is -2.50. The van der Waals surface area contributed by atoms with Gasteiger partial charge >= 0.3 is 24.3 Å². The molecular formula is C83H104Cl2F3N9O7. The van der Waals surface area contributed by atoms with Gasteiger partial charge in [0.1, 0.15) is 23.1 Å². The SMILES string of the molecule is C#CCCCN1CCC(N(Cc2ccccc2CC(=O)CC)C(=O)Nc2ccc(Cl)c(Cl)c2)CC1.C#CCCCN1CCC(N(Cc2ccccc2CC(=O)CC)C(=O)Nc2cccc(C(F)(F)F)c2)CC1.CCCC(C)N1CCC(N(Cc2ccccc2)C(=O)Nc2ccc(OC)cc2OC)CC1. The Balaban J connectivity index is 0.000000219. The summed E-state index contributed by atoms with van der Waals surface area (Å²) in [6, 6.07) is 40.8. The number of hydrogen-bond acceptors (Lipinski definition) is 10. The van der Waals surface area contributed by atoms with E-state index in [0.29, 0.717) is 71.3 Å². The Morgan fingerprint density at radius 2 is 1.02 bits per heavy atom. The van der Waals surface area contributed by atoms with Crippen LogP contribution in [0.4, 0.5) is 44.6 Å². The predicted octanol–water partition coefficient (Wildman–Crippen LogP) is 18.0. The van der Waals surface area contributed by atoms with Crippen molar-refractivity contribution in [2.75, 3.05) is 82.5 Å². The Hall–Kier alpha value is -8.56. The van der Waals surface area contributed by atoms with Gasteiger partial charge in [-0.25, -0.2) is 14.4 Å². The van der Waals surface area contributed by atoms with Crippen LogP contribution in [0.2, 0.25) is 10.0 Å². The largest absolute Gasteiger partial charge is 0.497 e. The van der Waals surface area contributed by atoms with Crippen LogP contribution in [0.3, 0.4) is 0 Å². The second-order valence-electron chi connectivity index (χ2n) is 26.8. The highest BCUT2D eigenvalue weighted by molar-refractivity contribution is 6.42. The monoisotopic (exact) mass is 1470 g/mol. The van der Waals surface area contributed by atoms with E-state index in [-0.39, 0.29) is 60.4 Å². The molecule has 6 aromatic carbocycles. The molecule has 0 radical (unpaired) electrons. The molecule has 3 aliphatic heterocycles. The number of methoxy groups -OCH3 is 2. The maximum absolute atomic E-state index is 13.5. The van der Waals surface area contributed by atoms with E-state index >= 15 is 0 Å². The first-order valence-corrected chi connectivity index (χ1v) is 37.3. The average Bonchev–Trinajstić information content (AvgIpc) is 0.827. The first kappa shape index (κ1) is 82.7. The summed E-state index contributed by atoms with van der Waals surface area (Å²) in [5.41, 5.74) is 5.32. The van der Waals surface area contributed by atoms with Crippen molar-refractivity contribution in [3.63, 3.8) is 0 Å². The summed E-state index contributed by atoms with van der Waals surface area (Å²) >= 11 is 12.2. The lowest BCUT2D eigenvalue weighted by molar-refractivity contribution is -0.137. The van der Waals surface area contributed by atoms with Crippen LogP contribution in [0.15, 0.2) is 140 Å². The number of halogens is 5. The van der Waals surface area contributed by atoms with E-state index < -0.39 is 17.8 Å². The number of amides is 6. The van der Waals surface area contributed by atoms with Crippen molar-refractivity contribution >= 4 is 69.9 Å². The molecule has 1 atom stereocenters. The second-order valence-corrected chi connectivity index (χ2v) is 27.6. The molecule has 3 heterocycles. The molecule has 104 heavy (non-hydrogen) atoms. The van der Waals surface area contributed by atoms with Crippen molar-refractivity contribution in [3.05, 3.63) is 183 Å². The number of piperidine rings is 3. The van der Waals surface area contributed by atoms with Crippen LogP contribution in [0, 0.1) is 24.7 Å². The fourth-order valence-corrected chi connectivity index (χ4v) is 13.8. The van der Waals surface area contributed by atoms with Crippen molar-refractivity contribution in [3.8, 4) is 36.2 Å². The minimum Gasteiger partial charge on any atom is -0.497 e. The number of ketones is 2. The highest BCUT2D eigenvalue weighted by Gasteiger charge is 2.34. The molecule has 6 aromatic rings. The Morgan fingerprint density at radius 1 is 0.548 bits per heavy atom. The highest BCUT2D eigenvalue weighted by Crippen LogP contribution is 2.34. The van der Waals surface area contributed by atoms with Crippen molar-refractivity contribution < 1.29 is 46.6 Å². The van der Waals surface area contributed by atoms with Gasteiger partial charge in [-0.15, -0.1) is 24.7 Å². The van der Waals surface area contributed by atoms with Gasteiger partial charge in [-0.1, -0.05) is 135 Å². The van der Waals surface area contributed by atoms with Gasteiger partial charge in [0.05, 0.1) is 35.5 Å². The third-order valence-corrected chi connectivity index (χ3v) is 20.3. The van der Waals surface area contributed by atoms with Gasteiger partial charge < -0.3 is 54.8 Å². The molecular weight excluding hydrogens is 1360 g/mol. The molecule has 0 aliphatic carbocycles. The third-order valence-electron chi connectivity index (χ3n) is 19.6. The van der Waals surface area contributed by atoms with E-state index in [1.54, 1.807) is 43.4 Å². The number of terminal acetylenes is 2. The topological polar surface area (TPSA) is 159 Å². The summed E-state index contributed by atoms with van der Waals surface area (Å²) in [5.74, 6) is 6.92. The average molecular weight is 1470 g/mol. The van der Waals surface area contributed by atoms with Crippen LogP contribution < -0.4 is 25.4 Å². The molecule has 558 valence electrons. The van der Waals surface area contributed by atoms with Crippen LogP contribution in [-0.2, 0) is 48.2 Å². The fraction of sp³-hybridized carbons (Fsp3) is 0.458. The molecule has 3 N–H and O–H groups in total. The molecule has 21 heteroatoms. The van der Waals surface area contributed by atoms with Crippen molar-refractivity contribution in [2.24, 2.45) is 0 Å².